The van der Waals surface area contributed by atoms with Gasteiger partial charge in [-0.1, -0.05) is 66.2 Å². The molecule has 0 N–H and O–H groups in total. The average molecular weight is 679 g/mol. The Balaban J connectivity index is 1.23. The van der Waals surface area contributed by atoms with Gasteiger partial charge >= 0.3 is 5.97 Å². The lowest BCUT2D eigenvalue weighted by Crippen LogP contribution is -2.57. The number of carbonyl (C=O) groups is 4. The van der Waals surface area contributed by atoms with E-state index in [9.17, 15) is 19.2 Å². The highest BCUT2D eigenvalue weighted by molar-refractivity contribution is 6.38. The molecule has 0 unspecified atom stereocenters. The van der Waals surface area contributed by atoms with Gasteiger partial charge in [0, 0.05) is 22.9 Å². The zero-order valence-electron chi connectivity index (χ0n) is 23.4. The Labute approximate surface area is 278 Å². The maximum absolute atomic E-state index is 14.3. The van der Waals surface area contributed by atoms with Gasteiger partial charge in [0.05, 0.1) is 23.1 Å². The van der Waals surface area contributed by atoms with Crippen LogP contribution < -0.4 is 4.90 Å². The Morgan fingerprint density at radius 1 is 0.733 bits per heavy atom. The number of imide groups is 1. The van der Waals surface area contributed by atoms with Crippen LogP contribution in [0.5, 0.6) is 0 Å². The predicted molar refractivity (Wildman–Crippen MR) is 172 cm³/mol. The molecule has 226 valence electrons. The van der Waals surface area contributed by atoms with E-state index in [-0.39, 0.29) is 23.6 Å². The van der Waals surface area contributed by atoms with Crippen molar-refractivity contribution in [3.8, 4) is 0 Å². The highest BCUT2D eigenvalue weighted by Crippen LogP contribution is 2.69. The number of carbonyl (C=O) groups excluding carboxylic acids is 4. The quantitative estimate of drug-likeness (QED) is 0.0877. The van der Waals surface area contributed by atoms with E-state index in [0.717, 1.165) is 4.90 Å². The van der Waals surface area contributed by atoms with Crippen LogP contribution in [-0.4, -0.2) is 35.6 Å². The van der Waals surface area contributed by atoms with Gasteiger partial charge in [0.1, 0.15) is 9.75 Å². The van der Waals surface area contributed by atoms with Crippen molar-refractivity contribution in [2.24, 2.45) is 11.8 Å². The molecular formula is C35H23Cl4NO5. The summed E-state index contributed by atoms with van der Waals surface area (Å²) in [5.41, 5.74) is 3.29. The van der Waals surface area contributed by atoms with Crippen LogP contribution in [0.3, 0.4) is 0 Å². The normalized spacial score (nSPS) is 24.9. The molecule has 2 bridgehead atoms. The van der Waals surface area contributed by atoms with Crippen LogP contribution in [0.4, 0.5) is 5.69 Å². The first-order chi connectivity index (χ1) is 21.6. The number of halogens is 4. The van der Waals surface area contributed by atoms with Crippen LogP contribution in [0.25, 0.3) is 0 Å². The van der Waals surface area contributed by atoms with Gasteiger partial charge in [0.15, 0.2) is 6.10 Å². The summed E-state index contributed by atoms with van der Waals surface area (Å²) >= 11 is 26.9. The summed E-state index contributed by atoms with van der Waals surface area (Å²) in [7, 11) is 0. The maximum atomic E-state index is 14.3. The zero-order valence-corrected chi connectivity index (χ0v) is 26.4. The van der Waals surface area contributed by atoms with Crippen molar-refractivity contribution in [3.05, 3.63) is 135 Å². The van der Waals surface area contributed by atoms with Gasteiger partial charge in [-0.25, -0.2) is 9.69 Å². The molecule has 45 heavy (non-hydrogen) atoms. The van der Waals surface area contributed by atoms with Gasteiger partial charge in [0.25, 0.3) is 0 Å². The smallest absolute Gasteiger partial charge is 0.338 e. The third-order valence-electron chi connectivity index (χ3n) is 8.97. The molecule has 1 fully saturated rings. The van der Waals surface area contributed by atoms with Crippen molar-refractivity contribution in [3.63, 3.8) is 0 Å². The Kier molecular flexibility index (Phi) is 7.33. The Morgan fingerprint density at radius 2 is 1.24 bits per heavy atom. The van der Waals surface area contributed by atoms with Crippen LogP contribution in [0, 0.1) is 11.8 Å². The van der Waals surface area contributed by atoms with Crippen molar-refractivity contribution in [2.45, 2.75) is 22.3 Å². The molecule has 3 aliphatic carbocycles. The number of alkyl halides is 3. The summed E-state index contributed by atoms with van der Waals surface area (Å²) in [5.74, 6) is -4.19. The monoisotopic (exact) mass is 677 g/mol. The van der Waals surface area contributed by atoms with Crippen molar-refractivity contribution in [1.29, 1.82) is 0 Å². The molecule has 1 aliphatic heterocycles. The van der Waals surface area contributed by atoms with Crippen LogP contribution in [0.1, 0.15) is 49.4 Å². The van der Waals surface area contributed by atoms with E-state index < -0.39 is 51.3 Å². The number of Topliss-reactive ketones (excluding diaryl/α,β-unsaturated/α-hetero) is 1. The number of hydrogen-bond donors (Lipinski definition) is 0. The third-order valence-corrected chi connectivity index (χ3v) is 10.7. The highest BCUT2D eigenvalue weighted by Gasteiger charge is 2.73. The van der Waals surface area contributed by atoms with Gasteiger partial charge < -0.3 is 4.74 Å². The number of hydrogen-bond acceptors (Lipinski definition) is 5. The van der Waals surface area contributed by atoms with E-state index in [2.05, 4.69) is 0 Å². The molecule has 6 nitrogen and oxygen atoms in total. The fourth-order valence-electron chi connectivity index (χ4n) is 7.03. The molecule has 4 aromatic rings. The van der Waals surface area contributed by atoms with Crippen LogP contribution in [0.15, 0.2) is 97.1 Å². The van der Waals surface area contributed by atoms with Crippen molar-refractivity contribution < 1.29 is 23.9 Å². The third kappa shape index (κ3) is 4.30. The number of nitrogens with zero attached hydrogens (tertiary/aromatic N) is 1. The molecule has 8 rings (SSSR count). The van der Waals surface area contributed by atoms with E-state index in [1.54, 1.807) is 30.3 Å². The zero-order chi connectivity index (χ0) is 31.7. The fraction of sp³-hybridized carbons (Fsp3) is 0.200. The topological polar surface area (TPSA) is 80.8 Å². The Bertz CT molecular complexity index is 1790. The summed E-state index contributed by atoms with van der Waals surface area (Å²) in [6, 6.07) is 27.0. The maximum Gasteiger partial charge on any atom is 0.338 e. The number of benzene rings is 4. The number of esters is 1. The largest absolute Gasteiger partial charge is 0.450 e. The lowest BCUT2D eigenvalue weighted by atomic mass is 9.54. The highest BCUT2D eigenvalue weighted by atomic mass is 35.5. The molecule has 1 heterocycles. The first-order valence-electron chi connectivity index (χ1n) is 14.2. The summed E-state index contributed by atoms with van der Waals surface area (Å²) in [6.45, 7) is 0. The van der Waals surface area contributed by atoms with Crippen molar-refractivity contribution in [2.75, 3.05) is 10.8 Å². The van der Waals surface area contributed by atoms with E-state index in [1.807, 2.05) is 48.5 Å². The Hall–Kier alpha value is -3.68. The van der Waals surface area contributed by atoms with Crippen LogP contribution in [-0.2, 0) is 24.1 Å². The van der Waals surface area contributed by atoms with Gasteiger partial charge in [-0.15, -0.1) is 34.8 Å². The van der Waals surface area contributed by atoms with Gasteiger partial charge in [-0.2, -0.15) is 0 Å². The summed E-state index contributed by atoms with van der Waals surface area (Å²) in [6.07, 6.45) is -1.07. The van der Waals surface area contributed by atoms with E-state index in [1.165, 1.54) is 18.2 Å². The first-order valence-corrected chi connectivity index (χ1v) is 15.9. The van der Waals surface area contributed by atoms with E-state index in [4.69, 9.17) is 51.1 Å². The molecular weight excluding hydrogens is 656 g/mol. The van der Waals surface area contributed by atoms with Gasteiger partial charge in [0.2, 0.25) is 17.6 Å². The number of anilines is 1. The number of ketones is 1. The SMILES string of the molecule is O=C(O[C@H](CCCl)C(=O)c1ccc(Cl)cc1)c1cccc(N2C(=O)[C@H]3[C@H](C2=O)C2(Cl)c4ccccc4C3(Cl)c3ccccc32)c1. The standard InChI is InChI=1S/C35H23Cl4NO5/c36-17-16-27(30(41)19-12-14-21(37)15-13-19)45-33(44)20-6-5-7-22(18-20)40-31(42)28-29(32(40)43)35(39)24-9-2-1-8-23(24)34(28,38)25-10-3-4-11-26(25)35/h1-15,18,27-29H,16-17H2/t27-,28-,29-,34?,35?/m1/s1. The second kappa shape index (κ2) is 11.0. The molecule has 0 saturated carbocycles. The van der Waals surface area contributed by atoms with Crippen molar-refractivity contribution in [1.82, 2.24) is 0 Å². The summed E-state index contributed by atoms with van der Waals surface area (Å²) in [5, 5.41) is 0.459. The molecule has 3 atom stereocenters. The molecule has 0 radical (unpaired) electrons. The minimum Gasteiger partial charge on any atom is -0.450 e. The molecule has 2 amide bonds. The Morgan fingerprint density at radius 3 is 1.73 bits per heavy atom. The van der Waals surface area contributed by atoms with E-state index >= 15 is 0 Å². The second-order valence-electron chi connectivity index (χ2n) is 11.3. The van der Waals surface area contributed by atoms with Crippen LogP contribution >= 0.6 is 46.4 Å². The number of ether oxygens (including phenoxy) is 1. The molecule has 0 spiro atoms. The molecule has 10 heteroatoms. The van der Waals surface area contributed by atoms with Gasteiger partial charge in [-0.05, 0) is 64.7 Å². The minimum absolute atomic E-state index is 0.0437. The summed E-state index contributed by atoms with van der Waals surface area (Å²) < 4.78 is 5.61. The average Bonchev–Trinajstić information content (AvgIpc) is 3.34. The molecule has 4 aliphatic rings. The van der Waals surface area contributed by atoms with E-state index in [0.29, 0.717) is 32.8 Å². The lowest BCUT2D eigenvalue weighted by Gasteiger charge is -2.54. The molecule has 1 saturated heterocycles. The lowest BCUT2D eigenvalue weighted by molar-refractivity contribution is -0.122. The minimum atomic E-state index is -1.33. The number of rotatable bonds is 7. The fourth-order valence-corrected chi connectivity index (χ4v) is 8.46. The van der Waals surface area contributed by atoms with Crippen LogP contribution in [0.2, 0.25) is 5.02 Å². The summed E-state index contributed by atoms with van der Waals surface area (Å²) in [4.78, 5) is 53.5. The predicted octanol–water partition coefficient (Wildman–Crippen LogP) is 7.47. The number of amides is 2. The first kappa shape index (κ1) is 30.0. The van der Waals surface area contributed by atoms with Crippen molar-refractivity contribution >= 4 is 75.7 Å². The molecule has 4 aromatic carbocycles. The van der Waals surface area contributed by atoms with Gasteiger partial charge in [-0.3, -0.25) is 14.4 Å². The molecule has 0 aromatic heterocycles. The second-order valence-corrected chi connectivity index (χ2v) is 13.3.